The number of aliphatic carboxylic acids is 1. The van der Waals surface area contributed by atoms with Crippen LogP contribution < -0.4 is 10.6 Å². The van der Waals surface area contributed by atoms with Crippen LogP contribution in [0.25, 0.3) is 0 Å². The summed E-state index contributed by atoms with van der Waals surface area (Å²) in [5.41, 5.74) is 0.944. The first-order valence-electron chi connectivity index (χ1n) is 7.16. The van der Waals surface area contributed by atoms with Crippen molar-refractivity contribution in [1.82, 2.24) is 15.6 Å². The maximum atomic E-state index is 11.9. The van der Waals surface area contributed by atoms with Gasteiger partial charge >= 0.3 is 12.0 Å². The smallest absolute Gasteiger partial charge is 0.315 e. The molecule has 0 spiro atoms. The number of nitrogens with zero attached hydrogens (tertiary/aromatic N) is 1. The molecule has 1 fully saturated rings. The summed E-state index contributed by atoms with van der Waals surface area (Å²) in [6, 6.07) is -0.422. The number of urea groups is 1. The van der Waals surface area contributed by atoms with Crippen LogP contribution in [0.5, 0.6) is 0 Å². The maximum Gasteiger partial charge on any atom is 0.315 e. The molecule has 3 unspecified atom stereocenters. The first-order valence-corrected chi connectivity index (χ1v) is 8.04. The van der Waals surface area contributed by atoms with Crippen molar-refractivity contribution >= 4 is 23.3 Å². The highest BCUT2D eigenvalue weighted by atomic mass is 32.1. The third-order valence-electron chi connectivity index (χ3n) is 3.86. The highest BCUT2D eigenvalue weighted by Crippen LogP contribution is 2.31. The van der Waals surface area contributed by atoms with Gasteiger partial charge in [0.2, 0.25) is 0 Å². The molecule has 3 N–H and O–H groups in total. The number of aromatic nitrogens is 1. The highest BCUT2D eigenvalue weighted by Gasteiger charge is 2.32. The number of carbonyl (C=O) groups is 2. The number of thiazole rings is 1. The zero-order chi connectivity index (χ0) is 15.4. The van der Waals surface area contributed by atoms with Crippen molar-refractivity contribution in [3.05, 3.63) is 16.1 Å². The molecule has 0 radical (unpaired) electrons. The molecule has 3 atom stereocenters. The second kappa shape index (κ2) is 6.89. The quantitative estimate of drug-likeness (QED) is 0.778. The van der Waals surface area contributed by atoms with E-state index in [2.05, 4.69) is 15.6 Å². The summed E-state index contributed by atoms with van der Waals surface area (Å²) in [6.45, 7) is 4.21. The predicted octanol–water partition coefficient (Wildman–Crippen LogP) is 2.31. The summed E-state index contributed by atoms with van der Waals surface area (Å²) >= 11 is 1.52. The van der Waals surface area contributed by atoms with Crippen molar-refractivity contribution in [2.45, 2.75) is 39.2 Å². The molecule has 2 rings (SSSR count). The zero-order valence-electron chi connectivity index (χ0n) is 12.3. The Morgan fingerprint density at radius 2 is 2.29 bits per heavy atom. The number of aryl methyl sites for hydroxylation is 1. The summed E-state index contributed by atoms with van der Waals surface area (Å²) in [4.78, 5) is 27.3. The monoisotopic (exact) mass is 311 g/mol. The van der Waals surface area contributed by atoms with Gasteiger partial charge in [-0.15, -0.1) is 11.3 Å². The Kier molecular flexibility index (Phi) is 5.17. The molecule has 1 heterocycles. The van der Waals surface area contributed by atoms with E-state index in [1.54, 1.807) is 0 Å². The van der Waals surface area contributed by atoms with Crippen molar-refractivity contribution in [2.75, 3.05) is 6.54 Å². The molecule has 1 aromatic rings. The third-order valence-corrected chi connectivity index (χ3v) is 5.00. The van der Waals surface area contributed by atoms with E-state index in [1.165, 1.54) is 11.3 Å². The lowest BCUT2D eigenvalue weighted by Gasteiger charge is -2.18. The number of nitrogens with one attached hydrogen (secondary N) is 2. The fraction of sp³-hybridized carbons (Fsp3) is 0.643. The summed E-state index contributed by atoms with van der Waals surface area (Å²) in [6.07, 6.45) is 2.48. The van der Waals surface area contributed by atoms with Crippen LogP contribution in [0.4, 0.5) is 4.79 Å². The lowest BCUT2D eigenvalue weighted by atomic mass is 9.96. The van der Waals surface area contributed by atoms with Gasteiger partial charge in [0.15, 0.2) is 0 Å². The number of carboxylic acids is 1. The summed E-state index contributed by atoms with van der Waals surface area (Å²) in [5, 5.41) is 17.5. The second-order valence-electron chi connectivity index (χ2n) is 5.54. The van der Waals surface area contributed by atoms with Gasteiger partial charge in [-0.3, -0.25) is 4.79 Å². The average molecular weight is 311 g/mol. The first kappa shape index (κ1) is 15.8. The predicted molar refractivity (Wildman–Crippen MR) is 80.3 cm³/mol. The largest absolute Gasteiger partial charge is 0.481 e. The number of carboxylic acid groups (broad SMARTS) is 1. The van der Waals surface area contributed by atoms with Crippen molar-refractivity contribution < 1.29 is 14.7 Å². The molecule has 116 valence electrons. The Labute approximate surface area is 128 Å². The molecule has 0 saturated heterocycles. The number of carbonyl (C=O) groups excluding carboxylic acids is 1. The molecular formula is C14H21N3O3S. The van der Waals surface area contributed by atoms with Gasteiger partial charge < -0.3 is 15.7 Å². The Morgan fingerprint density at radius 3 is 2.90 bits per heavy atom. The van der Waals surface area contributed by atoms with Crippen LogP contribution in [0.3, 0.4) is 0 Å². The average Bonchev–Trinajstić information content (AvgIpc) is 3.04. The molecular weight excluding hydrogens is 290 g/mol. The molecule has 1 aromatic heterocycles. The van der Waals surface area contributed by atoms with E-state index < -0.39 is 5.97 Å². The van der Waals surface area contributed by atoms with Crippen molar-refractivity contribution in [2.24, 2.45) is 11.8 Å². The van der Waals surface area contributed by atoms with Crippen LogP contribution in [-0.2, 0) is 4.79 Å². The Morgan fingerprint density at radius 1 is 1.52 bits per heavy atom. The van der Waals surface area contributed by atoms with Crippen LogP contribution in [-0.4, -0.2) is 28.6 Å². The Hall–Kier alpha value is -1.63. The number of amides is 2. The lowest BCUT2D eigenvalue weighted by Crippen LogP contribution is -2.40. The van der Waals surface area contributed by atoms with Crippen LogP contribution in [0, 0.1) is 18.8 Å². The van der Waals surface area contributed by atoms with Gasteiger partial charge in [0, 0.05) is 17.6 Å². The third kappa shape index (κ3) is 4.17. The standard InChI is InChI=1S/C14H21N3O3S/c1-8-7-21-12(16-8)9(2)17-14(20)15-6-10-4-3-5-11(10)13(18)19/h7,9-11H,3-6H2,1-2H3,(H,18,19)(H2,15,17,20). The van der Waals surface area contributed by atoms with E-state index in [4.69, 9.17) is 5.11 Å². The summed E-state index contributed by atoms with van der Waals surface area (Å²) < 4.78 is 0. The summed E-state index contributed by atoms with van der Waals surface area (Å²) in [7, 11) is 0. The molecule has 6 nitrogen and oxygen atoms in total. The normalized spacial score (nSPS) is 22.8. The highest BCUT2D eigenvalue weighted by molar-refractivity contribution is 7.09. The molecule has 2 amide bonds. The van der Waals surface area contributed by atoms with Crippen LogP contribution in [0.2, 0.25) is 0 Å². The van der Waals surface area contributed by atoms with Crippen molar-refractivity contribution in [3.63, 3.8) is 0 Å². The van der Waals surface area contributed by atoms with Gasteiger partial charge in [0.05, 0.1) is 12.0 Å². The van der Waals surface area contributed by atoms with Gasteiger partial charge in [-0.1, -0.05) is 6.42 Å². The SMILES string of the molecule is Cc1csc(C(C)NC(=O)NCC2CCCC2C(=O)O)n1. The lowest BCUT2D eigenvalue weighted by molar-refractivity contribution is -0.142. The minimum atomic E-state index is -0.758. The molecule has 0 bridgehead atoms. The van der Waals surface area contributed by atoms with E-state index in [1.807, 2.05) is 19.2 Å². The molecule has 7 heteroatoms. The Bertz CT molecular complexity index is 517. The fourth-order valence-electron chi connectivity index (χ4n) is 2.71. The molecule has 0 aliphatic heterocycles. The van der Waals surface area contributed by atoms with Gasteiger partial charge in [0.25, 0.3) is 0 Å². The van der Waals surface area contributed by atoms with Crippen molar-refractivity contribution in [1.29, 1.82) is 0 Å². The van der Waals surface area contributed by atoms with Crippen LogP contribution >= 0.6 is 11.3 Å². The van der Waals surface area contributed by atoms with Gasteiger partial charge in [-0.25, -0.2) is 9.78 Å². The fourth-order valence-corrected chi connectivity index (χ4v) is 3.51. The molecule has 1 aliphatic rings. The van der Waals surface area contributed by atoms with Gasteiger partial charge in [-0.2, -0.15) is 0 Å². The van der Waals surface area contributed by atoms with E-state index >= 15 is 0 Å². The van der Waals surface area contributed by atoms with Crippen molar-refractivity contribution in [3.8, 4) is 0 Å². The second-order valence-corrected chi connectivity index (χ2v) is 6.43. The van der Waals surface area contributed by atoms with E-state index in [9.17, 15) is 9.59 Å². The van der Waals surface area contributed by atoms with E-state index in [0.29, 0.717) is 13.0 Å². The van der Waals surface area contributed by atoms with Crippen LogP contribution in [0.15, 0.2) is 5.38 Å². The van der Waals surface area contributed by atoms with Gasteiger partial charge in [0.1, 0.15) is 5.01 Å². The first-order chi connectivity index (χ1) is 9.97. The number of rotatable bonds is 5. The molecule has 21 heavy (non-hydrogen) atoms. The summed E-state index contributed by atoms with van der Waals surface area (Å²) in [5.74, 6) is -1.05. The molecule has 1 saturated carbocycles. The minimum Gasteiger partial charge on any atom is -0.481 e. The molecule has 1 aliphatic carbocycles. The van der Waals surface area contributed by atoms with E-state index in [-0.39, 0.29) is 23.9 Å². The van der Waals surface area contributed by atoms with Crippen LogP contribution in [0.1, 0.15) is 42.9 Å². The molecule has 0 aromatic carbocycles. The van der Waals surface area contributed by atoms with Gasteiger partial charge in [-0.05, 0) is 32.6 Å². The number of hydrogen-bond acceptors (Lipinski definition) is 4. The Balaban J connectivity index is 1.78. The van der Waals surface area contributed by atoms with E-state index in [0.717, 1.165) is 23.5 Å². The zero-order valence-corrected chi connectivity index (χ0v) is 13.1. The topological polar surface area (TPSA) is 91.3 Å². The number of hydrogen-bond donors (Lipinski definition) is 3. The maximum absolute atomic E-state index is 11.9. The minimum absolute atomic E-state index is 0.0330.